The van der Waals surface area contributed by atoms with Crippen molar-refractivity contribution in [3.8, 4) is 0 Å². The van der Waals surface area contributed by atoms with E-state index < -0.39 is 0 Å². The van der Waals surface area contributed by atoms with Gasteiger partial charge in [0.1, 0.15) is 6.10 Å². The fraction of sp³-hybridized carbons (Fsp3) is 0.630. The Morgan fingerprint density at radius 1 is 1.03 bits per heavy atom. The normalized spacial score (nSPS) is 37.6. The van der Waals surface area contributed by atoms with Crippen LogP contribution in [-0.2, 0) is 20.7 Å². The van der Waals surface area contributed by atoms with Crippen LogP contribution in [0.5, 0.6) is 0 Å². The predicted molar refractivity (Wildman–Crippen MR) is 117 cm³/mol. The molecule has 0 unspecified atom stereocenters. The highest BCUT2D eigenvalue weighted by molar-refractivity contribution is 5.91. The Morgan fingerprint density at radius 3 is 2.70 bits per heavy atom. The molecule has 3 fully saturated rings. The van der Waals surface area contributed by atoms with Gasteiger partial charge in [-0.15, -0.1) is 0 Å². The second-order valence-electron chi connectivity index (χ2n) is 10.4. The molecule has 0 heterocycles. The number of aryl methyl sites for hydroxylation is 1. The van der Waals surface area contributed by atoms with E-state index in [2.05, 4.69) is 19.1 Å². The number of hydrogen-bond acceptors (Lipinski definition) is 3. The first kappa shape index (κ1) is 20.0. The van der Waals surface area contributed by atoms with E-state index in [0.717, 1.165) is 50.4 Å². The molecule has 0 spiro atoms. The first-order chi connectivity index (χ1) is 14.5. The number of ether oxygens (including phenoxy) is 1. The summed E-state index contributed by atoms with van der Waals surface area (Å²) in [6.07, 6.45) is 12.0. The Balaban J connectivity index is 1.23. The van der Waals surface area contributed by atoms with E-state index >= 15 is 0 Å². The first-order valence-electron chi connectivity index (χ1n) is 12.0. The number of fused-ring (bicyclic) bond motifs is 5. The molecule has 1 aromatic rings. The maximum atomic E-state index is 12.6. The minimum atomic E-state index is -0.0347. The second kappa shape index (κ2) is 7.98. The smallest absolute Gasteiger partial charge is 0.306 e. The lowest BCUT2D eigenvalue weighted by Crippen LogP contribution is -2.48. The van der Waals surface area contributed by atoms with E-state index in [1.165, 1.54) is 30.4 Å². The van der Waals surface area contributed by atoms with Crippen LogP contribution in [0.1, 0.15) is 70.3 Å². The maximum absolute atomic E-state index is 12.6. The number of esters is 1. The van der Waals surface area contributed by atoms with Gasteiger partial charge in [0, 0.05) is 18.3 Å². The van der Waals surface area contributed by atoms with Crippen molar-refractivity contribution in [2.75, 3.05) is 0 Å². The number of carbonyl (C=O) groups excluding carboxylic acids is 2. The van der Waals surface area contributed by atoms with Gasteiger partial charge in [-0.2, -0.15) is 0 Å². The third-order valence-electron chi connectivity index (χ3n) is 8.95. The maximum Gasteiger partial charge on any atom is 0.306 e. The van der Waals surface area contributed by atoms with Gasteiger partial charge in [0.25, 0.3) is 0 Å². The molecule has 0 aliphatic heterocycles. The fourth-order valence-corrected chi connectivity index (χ4v) is 7.43. The third kappa shape index (κ3) is 3.55. The average molecular weight is 407 g/mol. The predicted octanol–water partition coefficient (Wildman–Crippen LogP) is 5.67. The molecule has 1 aromatic carbocycles. The average Bonchev–Trinajstić information content (AvgIpc) is 3.09. The van der Waals surface area contributed by atoms with Crippen molar-refractivity contribution in [2.24, 2.45) is 29.1 Å². The van der Waals surface area contributed by atoms with Crippen LogP contribution in [-0.4, -0.2) is 17.9 Å². The summed E-state index contributed by atoms with van der Waals surface area (Å²) < 4.78 is 6.11. The summed E-state index contributed by atoms with van der Waals surface area (Å²) >= 11 is 0. The Morgan fingerprint density at radius 2 is 1.87 bits per heavy atom. The quantitative estimate of drug-likeness (QED) is 0.605. The van der Waals surface area contributed by atoms with Crippen LogP contribution in [0.25, 0.3) is 0 Å². The summed E-state index contributed by atoms with van der Waals surface area (Å²) in [5, 5.41) is 0. The minimum Gasteiger partial charge on any atom is -0.462 e. The van der Waals surface area contributed by atoms with Crippen LogP contribution in [0.3, 0.4) is 0 Å². The third-order valence-corrected chi connectivity index (χ3v) is 8.95. The van der Waals surface area contributed by atoms with Crippen LogP contribution < -0.4 is 0 Å². The van der Waals surface area contributed by atoms with Crippen LogP contribution in [0.15, 0.2) is 42.0 Å². The molecule has 0 saturated heterocycles. The fourth-order valence-electron chi connectivity index (χ4n) is 7.43. The summed E-state index contributed by atoms with van der Waals surface area (Å²) in [4.78, 5) is 24.5. The van der Waals surface area contributed by atoms with E-state index in [-0.39, 0.29) is 17.5 Å². The van der Waals surface area contributed by atoms with Gasteiger partial charge in [-0.1, -0.05) is 42.8 Å². The van der Waals surface area contributed by atoms with Crippen LogP contribution >= 0.6 is 0 Å². The highest BCUT2D eigenvalue weighted by Crippen LogP contribution is 2.62. The summed E-state index contributed by atoms with van der Waals surface area (Å²) in [6, 6.07) is 10.2. The molecule has 5 rings (SSSR count). The van der Waals surface area contributed by atoms with E-state index in [0.29, 0.717) is 24.0 Å². The van der Waals surface area contributed by atoms with Gasteiger partial charge in [0.05, 0.1) is 0 Å². The number of hydrogen-bond donors (Lipinski definition) is 0. The van der Waals surface area contributed by atoms with E-state index in [1.807, 2.05) is 24.3 Å². The molecular formula is C27H34O3. The molecule has 3 nitrogen and oxygen atoms in total. The number of allylic oxidation sites excluding steroid dienone is 1. The van der Waals surface area contributed by atoms with Crippen molar-refractivity contribution in [3.05, 3.63) is 47.5 Å². The van der Waals surface area contributed by atoms with Gasteiger partial charge in [-0.3, -0.25) is 9.59 Å². The molecule has 0 N–H and O–H groups in total. The van der Waals surface area contributed by atoms with Crippen molar-refractivity contribution >= 4 is 11.8 Å². The van der Waals surface area contributed by atoms with E-state index in [1.54, 1.807) is 0 Å². The lowest BCUT2D eigenvalue weighted by atomic mass is 9.52. The number of ketones is 1. The zero-order chi connectivity index (χ0) is 20.7. The van der Waals surface area contributed by atoms with Crippen molar-refractivity contribution in [1.82, 2.24) is 0 Å². The molecule has 160 valence electrons. The molecule has 0 aromatic heterocycles. The Kier molecular flexibility index (Phi) is 5.33. The molecular weight excluding hydrogens is 372 g/mol. The van der Waals surface area contributed by atoms with E-state index in [9.17, 15) is 9.59 Å². The van der Waals surface area contributed by atoms with Gasteiger partial charge in [-0.25, -0.2) is 0 Å². The largest absolute Gasteiger partial charge is 0.462 e. The van der Waals surface area contributed by atoms with Gasteiger partial charge < -0.3 is 4.74 Å². The summed E-state index contributed by atoms with van der Waals surface area (Å²) in [5.41, 5.74) is 2.77. The lowest BCUT2D eigenvalue weighted by Gasteiger charge is -2.53. The summed E-state index contributed by atoms with van der Waals surface area (Å²) in [5.74, 6) is 3.09. The number of rotatable bonds is 4. The summed E-state index contributed by atoms with van der Waals surface area (Å²) in [7, 11) is 0. The van der Waals surface area contributed by atoms with Crippen molar-refractivity contribution < 1.29 is 14.3 Å². The van der Waals surface area contributed by atoms with Gasteiger partial charge in [0.2, 0.25) is 0 Å². The van der Waals surface area contributed by atoms with Gasteiger partial charge in [0.15, 0.2) is 5.78 Å². The molecule has 4 aliphatic carbocycles. The second-order valence-corrected chi connectivity index (χ2v) is 10.4. The van der Waals surface area contributed by atoms with Crippen molar-refractivity contribution in [3.63, 3.8) is 0 Å². The zero-order valence-electron chi connectivity index (χ0n) is 18.1. The highest BCUT2D eigenvalue weighted by atomic mass is 16.5. The zero-order valence-corrected chi connectivity index (χ0v) is 18.1. The Hall–Kier alpha value is -1.90. The molecule has 4 aliphatic rings. The standard InChI is InChI=1S/C27H34O3/c1-27-16-15-22-21-11-9-20(28)17-19(21)8-10-23(22)24(27)12-13-25(27)30-26(29)14-7-18-5-3-2-4-6-18/h2-6,17,21-25H,7-16H2,1H3/t21-,22+,23-,24+,25+,27+/m1/s1. The molecule has 0 radical (unpaired) electrons. The first-order valence-corrected chi connectivity index (χ1v) is 12.0. The molecule has 0 bridgehead atoms. The monoisotopic (exact) mass is 406 g/mol. The molecule has 6 atom stereocenters. The minimum absolute atomic E-state index is 0.0347. The number of carbonyl (C=O) groups is 2. The molecule has 30 heavy (non-hydrogen) atoms. The van der Waals surface area contributed by atoms with Crippen LogP contribution in [0, 0.1) is 29.1 Å². The van der Waals surface area contributed by atoms with Gasteiger partial charge >= 0.3 is 5.97 Å². The van der Waals surface area contributed by atoms with Crippen LogP contribution in [0.2, 0.25) is 0 Å². The van der Waals surface area contributed by atoms with Crippen molar-refractivity contribution in [1.29, 1.82) is 0 Å². The Labute approximate surface area is 180 Å². The molecule has 3 heteroatoms. The molecule has 0 amide bonds. The topological polar surface area (TPSA) is 43.4 Å². The molecule has 3 saturated carbocycles. The van der Waals surface area contributed by atoms with Crippen molar-refractivity contribution in [2.45, 2.75) is 77.2 Å². The lowest BCUT2D eigenvalue weighted by molar-refractivity contribution is -0.158. The number of benzene rings is 1. The Bertz CT molecular complexity index is 841. The highest BCUT2D eigenvalue weighted by Gasteiger charge is 2.57. The van der Waals surface area contributed by atoms with E-state index in [4.69, 9.17) is 4.74 Å². The van der Waals surface area contributed by atoms with Crippen LogP contribution in [0.4, 0.5) is 0 Å². The summed E-state index contributed by atoms with van der Waals surface area (Å²) in [6.45, 7) is 2.39. The SMILES string of the molecule is C[C@]12CC[C@@H]3[C@@H](CCC4=CC(=O)CC[C@H]43)[C@@H]1CC[C@@H]2OC(=O)CCc1ccccc1. The van der Waals surface area contributed by atoms with Gasteiger partial charge in [-0.05, 0) is 86.7 Å².